The van der Waals surface area contributed by atoms with E-state index in [-0.39, 0.29) is 18.3 Å². The second kappa shape index (κ2) is 6.81. The van der Waals surface area contributed by atoms with Crippen LogP contribution in [0.3, 0.4) is 0 Å². The first-order chi connectivity index (χ1) is 9.60. The summed E-state index contributed by atoms with van der Waals surface area (Å²) in [7, 11) is 0. The predicted molar refractivity (Wildman–Crippen MR) is 77.1 cm³/mol. The summed E-state index contributed by atoms with van der Waals surface area (Å²) in [6.07, 6.45) is 3.10. The SMILES string of the molecule is N=C(N)c1cc(F)ccc1CN1CCCC(CCO)C1. The number of piperidine rings is 1. The molecular weight excluding hydrogens is 257 g/mol. The lowest BCUT2D eigenvalue weighted by atomic mass is 9.94. The Labute approximate surface area is 118 Å². The number of hydrogen-bond donors (Lipinski definition) is 3. The molecule has 0 spiro atoms. The van der Waals surface area contributed by atoms with Gasteiger partial charge in [-0.2, -0.15) is 0 Å². The van der Waals surface area contributed by atoms with E-state index < -0.39 is 0 Å². The molecule has 0 aliphatic carbocycles. The van der Waals surface area contributed by atoms with Crippen molar-refractivity contribution in [2.45, 2.75) is 25.8 Å². The Balaban J connectivity index is 2.07. The van der Waals surface area contributed by atoms with Crippen molar-refractivity contribution in [3.8, 4) is 0 Å². The molecule has 110 valence electrons. The topological polar surface area (TPSA) is 73.3 Å². The molecule has 20 heavy (non-hydrogen) atoms. The van der Waals surface area contributed by atoms with Gasteiger partial charge in [0, 0.05) is 25.3 Å². The molecule has 1 aromatic rings. The van der Waals surface area contributed by atoms with E-state index in [0.717, 1.165) is 37.9 Å². The quantitative estimate of drug-likeness (QED) is 0.567. The van der Waals surface area contributed by atoms with E-state index >= 15 is 0 Å². The largest absolute Gasteiger partial charge is 0.396 e. The third-order valence-electron chi connectivity index (χ3n) is 3.90. The van der Waals surface area contributed by atoms with Gasteiger partial charge in [-0.3, -0.25) is 10.3 Å². The van der Waals surface area contributed by atoms with Gasteiger partial charge in [0.25, 0.3) is 0 Å². The van der Waals surface area contributed by atoms with Gasteiger partial charge in [-0.15, -0.1) is 0 Å². The number of benzene rings is 1. The Bertz CT molecular complexity index is 476. The molecule has 1 aliphatic rings. The summed E-state index contributed by atoms with van der Waals surface area (Å²) in [5, 5.41) is 16.6. The van der Waals surface area contributed by atoms with Crippen LogP contribution in [0, 0.1) is 17.1 Å². The fraction of sp³-hybridized carbons (Fsp3) is 0.533. The molecule has 1 fully saturated rings. The monoisotopic (exact) mass is 279 g/mol. The Hall–Kier alpha value is -1.46. The van der Waals surface area contributed by atoms with Crippen molar-refractivity contribution in [3.05, 3.63) is 35.1 Å². The van der Waals surface area contributed by atoms with Gasteiger partial charge in [0.1, 0.15) is 11.7 Å². The number of rotatable bonds is 5. The molecule has 4 N–H and O–H groups in total. The number of aliphatic hydroxyl groups excluding tert-OH is 1. The Morgan fingerprint density at radius 2 is 2.30 bits per heavy atom. The molecule has 0 radical (unpaired) electrons. The number of nitrogen functional groups attached to an aromatic ring is 1. The van der Waals surface area contributed by atoms with Crippen molar-refractivity contribution in [2.24, 2.45) is 11.7 Å². The van der Waals surface area contributed by atoms with E-state index in [0.29, 0.717) is 18.0 Å². The number of likely N-dealkylation sites (tertiary alicyclic amines) is 1. The molecule has 0 amide bonds. The first kappa shape index (κ1) is 14.9. The molecule has 1 unspecified atom stereocenters. The van der Waals surface area contributed by atoms with Crippen LogP contribution in [-0.2, 0) is 6.54 Å². The Morgan fingerprint density at radius 1 is 1.50 bits per heavy atom. The summed E-state index contributed by atoms with van der Waals surface area (Å²) in [6, 6.07) is 4.45. The van der Waals surface area contributed by atoms with Crippen LogP contribution < -0.4 is 5.73 Å². The Morgan fingerprint density at radius 3 is 3.00 bits per heavy atom. The van der Waals surface area contributed by atoms with Gasteiger partial charge in [-0.1, -0.05) is 6.07 Å². The minimum absolute atomic E-state index is 0.0941. The second-order valence-electron chi connectivity index (χ2n) is 5.47. The maximum absolute atomic E-state index is 13.3. The smallest absolute Gasteiger partial charge is 0.123 e. The molecule has 5 heteroatoms. The first-order valence-corrected chi connectivity index (χ1v) is 7.06. The van der Waals surface area contributed by atoms with Crippen LogP contribution >= 0.6 is 0 Å². The second-order valence-corrected chi connectivity index (χ2v) is 5.47. The fourth-order valence-electron chi connectivity index (χ4n) is 2.89. The van der Waals surface area contributed by atoms with E-state index in [2.05, 4.69) is 4.90 Å². The van der Waals surface area contributed by atoms with Crippen LogP contribution in [-0.4, -0.2) is 35.5 Å². The van der Waals surface area contributed by atoms with E-state index in [1.807, 2.05) is 0 Å². The van der Waals surface area contributed by atoms with Gasteiger partial charge in [0.05, 0.1) is 0 Å². The van der Waals surface area contributed by atoms with Crippen LogP contribution in [0.5, 0.6) is 0 Å². The van der Waals surface area contributed by atoms with Crippen molar-refractivity contribution >= 4 is 5.84 Å². The fourth-order valence-corrected chi connectivity index (χ4v) is 2.89. The average molecular weight is 279 g/mol. The number of hydrogen-bond acceptors (Lipinski definition) is 3. The molecule has 0 bridgehead atoms. The number of nitrogens with two attached hydrogens (primary N) is 1. The van der Waals surface area contributed by atoms with Gasteiger partial charge in [0.2, 0.25) is 0 Å². The summed E-state index contributed by atoms with van der Waals surface area (Å²) in [6.45, 7) is 2.84. The summed E-state index contributed by atoms with van der Waals surface area (Å²) in [5.74, 6) is 0.0640. The first-order valence-electron chi connectivity index (χ1n) is 7.06. The highest BCUT2D eigenvalue weighted by atomic mass is 19.1. The van der Waals surface area contributed by atoms with Crippen LogP contribution in [0.4, 0.5) is 4.39 Å². The lowest BCUT2D eigenvalue weighted by Gasteiger charge is -2.32. The number of nitrogens with zero attached hydrogens (tertiary/aromatic N) is 1. The normalized spacial score (nSPS) is 20.0. The molecule has 1 saturated heterocycles. The average Bonchev–Trinajstić information content (AvgIpc) is 2.41. The summed E-state index contributed by atoms with van der Waals surface area (Å²) in [4.78, 5) is 2.30. The van der Waals surface area contributed by atoms with Crippen molar-refractivity contribution in [1.82, 2.24) is 4.90 Å². The maximum atomic E-state index is 13.3. The van der Waals surface area contributed by atoms with E-state index in [1.165, 1.54) is 12.1 Å². The third kappa shape index (κ3) is 3.77. The van der Waals surface area contributed by atoms with Gasteiger partial charge in [0.15, 0.2) is 0 Å². The summed E-state index contributed by atoms with van der Waals surface area (Å²) < 4.78 is 13.3. The predicted octanol–water partition coefficient (Wildman–Crippen LogP) is 1.70. The van der Waals surface area contributed by atoms with E-state index in [1.54, 1.807) is 6.07 Å². The van der Waals surface area contributed by atoms with E-state index in [4.69, 9.17) is 16.2 Å². The molecule has 1 aliphatic heterocycles. The van der Waals surface area contributed by atoms with Gasteiger partial charge >= 0.3 is 0 Å². The molecule has 1 heterocycles. The summed E-state index contributed by atoms with van der Waals surface area (Å²) in [5.41, 5.74) is 6.90. The molecule has 2 rings (SSSR count). The van der Waals surface area contributed by atoms with Crippen LogP contribution in [0.2, 0.25) is 0 Å². The van der Waals surface area contributed by atoms with Gasteiger partial charge < -0.3 is 10.8 Å². The molecular formula is C15H22FN3O. The molecule has 0 saturated carbocycles. The van der Waals surface area contributed by atoms with Crippen LogP contribution in [0.1, 0.15) is 30.4 Å². The lowest BCUT2D eigenvalue weighted by Crippen LogP contribution is -2.35. The highest BCUT2D eigenvalue weighted by molar-refractivity contribution is 5.96. The number of amidine groups is 1. The molecule has 0 aromatic heterocycles. The van der Waals surface area contributed by atoms with Crippen molar-refractivity contribution in [3.63, 3.8) is 0 Å². The van der Waals surface area contributed by atoms with Crippen molar-refractivity contribution in [2.75, 3.05) is 19.7 Å². The lowest BCUT2D eigenvalue weighted by molar-refractivity contribution is 0.142. The minimum Gasteiger partial charge on any atom is -0.396 e. The van der Waals surface area contributed by atoms with Crippen molar-refractivity contribution in [1.29, 1.82) is 5.41 Å². The Kier molecular flexibility index (Phi) is 5.09. The van der Waals surface area contributed by atoms with Crippen LogP contribution in [0.25, 0.3) is 0 Å². The third-order valence-corrected chi connectivity index (χ3v) is 3.90. The number of nitrogens with one attached hydrogen (secondary N) is 1. The zero-order valence-electron chi connectivity index (χ0n) is 11.6. The highest BCUT2D eigenvalue weighted by Gasteiger charge is 2.20. The number of halogens is 1. The van der Waals surface area contributed by atoms with Crippen LogP contribution in [0.15, 0.2) is 18.2 Å². The van der Waals surface area contributed by atoms with E-state index in [9.17, 15) is 4.39 Å². The van der Waals surface area contributed by atoms with Gasteiger partial charge in [-0.05, 0) is 49.4 Å². The maximum Gasteiger partial charge on any atom is 0.123 e. The zero-order valence-corrected chi connectivity index (χ0v) is 11.6. The van der Waals surface area contributed by atoms with Gasteiger partial charge in [-0.25, -0.2) is 4.39 Å². The summed E-state index contributed by atoms with van der Waals surface area (Å²) >= 11 is 0. The molecule has 1 atom stereocenters. The highest BCUT2D eigenvalue weighted by Crippen LogP contribution is 2.22. The van der Waals surface area contributed by atoms with Crippen molar-refractivity contribution < 1.29 is 9.50 Å². The standard InChI is InChI=1S/C15H22FN3O/c16-13-4-3-12(14(8-13)15(17)18)10-19-6-1-2-11(9-19)5-7-20/h3-4,8,11,20H,1-2,5-7,9-10H2,(H3,17,18). The molecule has 4 nitrogen and oxygen atoms in total. The minimum atomic E-state index is -0.365. The molecule has 1 aromatic carbocycles. The number of aliphatic hydroxyl groups is 1. The zero-order chi connectivity index (χ0) is 14.5.